The summed E-state index contributed by atoms with van der Waals surface area (Å²) in [5, 5.41) is 22.8. The molecule has 0 atom stereocenters. The molecule has 0 saturated heterocycles. The Hall–Kier alpha value is -3.46. The Morgan fingerprint density at radius 2 is 1.83 bits per heavy atom. The predicted molar refractivity (Wildman–Crippen MR) is 91.2 cm³/mol. The van der Waals surface area contributed by atoms with Gasteiger partial charge in [0.05, 0.1) is 4.92 Å². The standard InChI is InChI=1S/C18H15N3O3/c1-12-5-3-6-13(2)17(12)20-18(22)15(11-19)9-14-7-4-8-16(10-14)21(23)24/h3-10H,1-2H3,(H,20,22). The third kappa shape index (κ3) is 3.84. The Balaban J connectivity index is 2.31. The molecule has 0 bridgehead atoms. The highest BCUT2D eigenvalue weighted by molar-refractivity contribution is 6.10. The lowest BCUT2D eigenvalue weighted by Crippen LogP contribution is -2.15. The molecule has 2 aromatic carbocycles. The number of amides is 1. The number of benzene rings is 2. The average molecular weight is 321 g/mol. The number of aryl methyl sites for hydroxylation is 2. The summed E-state index contributed by atoms with van der Waals surface area (Å²) in [5.41, 5.74) is 2.61. The van der Waals surface area contributed by atoms with Crippen LogP contribution in [0.25, 0.3) is 6.08 Å². The van der Waals surface area contributed by atoms with Gasteiger partial charge in [-0.2, -0.15) is 5.26 Å². The van der Waals surface area contributed by atoms with Crippen molar-refractivity contribution in [2.45, 2.75) is 13.8 Å². The van der Waals surface area contributed by atoms with Crippen LogP contribution in [0.2, 0.25) is 0 Å². The Kier molecular flexibility index (Phi) is 5.07. The predicted octanol–water partition coefficient (Wildman–Crippen LogP) is 3.76. The molecule has 0 unspecified atom stereocenters. The third-order valence-corrected chi connectivity index (χ3v) is 3.48. The van der Waals surface area contributed by atoms with Crippen molar-refractivity contribution in [3.05, 3.63) is 74.8 Å². The summed E-state index contributed by atoms with van der Waals surface area (Å²) < 4.78 is 0. The zero-order valence-electron chi connectivity index (χ0n) is 13.2. The lowest BCUT2D eigenvalue weighted by Gasteiger charge is -2.10. The molecule has 6 heteroatoms. The molecule has 0 spiro atoms. The van der Waals surface area contributed by atoms with E-state index in [1.165, 1.54) is 24.3 Å². The lowest BCUT2D eigenvalue weighted by atomic mass is 10.1. The van der Waals surface area contributed by atoms with E-state index in [-0.39, 0.29) is 11.3 Å². The van der Waals surface area contributed by atoms with E-state index in [2.05, 4.69) is 5.32 Å². The smallest absolute Gasteiger partial charge is 0.270 e. The second-order valence-electron chi connectivity index (χ2n) is 5.24. The van der Waals surface area contributed by atoms with E-state index in [1.54, 1.807) is 6.07 Å². The normalized spacial score (nSPS) is 10.8. The number of hydrogen-bond donors (Lipinski definition) is 1. The number of nitriles is 1. The number of anilines is 1. The van der Waals surface area contributed by atoms with E-state index in [4.69, 9.17) is 0 Å². The minimum atomic E-state index is -0.554. The molecule has 1 N–H and O–H groups in total. The van der Waals surface area contributed by atoms with Gasteiger partial charge >= 0.3 is 0 Å². The third-order valence-electron chi connectivity index (χ3n) is 3.48. The van der Waals surface area contributed by atoms with Crippen LogP contribution in [0, 0.1) is 35.3 Å². The van der Waals surface area contributed by atoms with Gasteiger partial charge in [0.15, 0.2) is 0 Å². The van der Waals surface area contributed by atoms with E-state index < -0.39 is 10.8 Å². The van der Waals surface area contributed by atoms with Crippen molar-refractivity contribution in [3.63, 3.8) is 0 Å². The summed E-state index contributed by atoms with van der Waals surface area (Å²) in [6.45, 7) is 3.72. The first-order valence-corrected chi connectivity index (χ1v) is 7.16. The van der Waals surface area contributed by atoms with Crippen molar-refractivity contribution in [3.8, 4) is 6.07 Å². The highest BCUT2D eigenvalue weighted by Crippen LogP contribution is 2.21. The number of non-ortho nitro benzene ring substituents is 1. The van der Waals surface area contributed by atoms with Crippen molar-refractivity contribution in [1.82, 2.24) is 0 Å². The van der Waals surface area contributed by atoms with E-state index >= 15 is 0 Å². The number of nitrogens with zero attached hydrogens (tertiary/aromatic N) is 2. The Morgan fingerprint density at radius 1 is 1.21 bits per heavy atom. The number of nitrogens with one attached hydrogen (secondary N) is 1. The van der Waals surface area contributed by atoms with E-state index in [0.29, 0.717) is 11.3 Å². The number of hydrogen-bond acceptors (Lipinski definition) is 4. The molecular formula is C18H15N3O3. The largest absolute Gasteiger partial charge is 0.321 e. The molecule has 24 heavy (non-hydrogen) atoms. The van der Waals surface area contributed by atoms with Gasteiger partial charge in [-0.25, -0.2) is 0 Å². The maximum absolute atomic E-state index is 12.3. The van der Waals surface area contributed by atoms with Crippen molar-refractivity contribution in [2.24, 2.45) is 0 Å². The van der Waals surface area contributed by atoms with E-state index in [1.807, 2.05) is 38.1 Å². The fourth-order valence-electron chi connectivity index (χ4n) is 2.24. The molecule has 0 saturated carbocycles. The monoisotopic (exact) mass is 321 g/mol. The number of carbonyl (C=O) groups is 1. The quantitative estimate of drug-likeness (QED) is 0.401. The van der Waals surface area contributed by atoms with Crippen LogP contribution in [0.15, 0.2) is 48.0 Å². The Morgan fingerprint density at radius 3 is 2.42 bits per heavy atom. The van der Waals surface area contributed by atoms with Crippen molar-refractivity contribution in [2.75, 3.05) is 5.32 Å². The van der Waals surface area contributed by atoms with Crippen LogP contribution < -0.4 is 5.32 Å². The maximum atomic E-state index is 12.3. The summed E-state index contributed by atoms with van der Waals surface area (Å²) in [7, 11) is 0. The van der Waals surface area contributed by atoms with Gasteiger partial charge in [-0.15, -0.1) is 0 Å². The van der Waals surface area contributed by atoms with Gasteiger partial charge in [0.1, 0.15) is 11.6 Å². The Labute approximate surface area is 139 Å². The second kappa shape index (κ2) is 7.20. The van der Waals surface area contributed by atoms with Crippen molar-refractivity contribution >= 4 is 23.4 Å². The second-order valence-corrected chi connectivity index (χ2v) is 5.24. The maximum Gasteiger partial charge on any atom is 0.270 e. The highest BCUT2D eigenvalue weighted by Gasteiger charge is 2.13. The average Bonchev–Trinajstić information content (AvgIpc) is 2.56. The molecule has 2 aromatic rings. The Bertz CT molecular complexity index is 859. The SMILES string of the molecule is Cc1cccc(C)c1NC(=O)C(C#N)=Cc1cccc([N+](=O)[O-])c1. The van der Waals surface area contributed by atoms with Crippen LogP contribution in [0.3, 0.4) is 0 Å². The van der Waals surface area contributed by atoms with Gasteiger partial charge in [-0.3, -0.25) is 14.9 Å². The highest BCUT2D eigenvalue weighted by atomic mass is 16.6. The van der Waals surface area contributed by atoms with Crippen LogP contribution in [0.5, 0.6) is 0 Å². The number of nitro benzene ring substituents is 1. The summed E-state index contributed by atoms with van der Waals surface area (Å²) in [6, 6.07) is 13.2. The van der Waals surface area contributed by atoms with Crippen LogP contribution in [0.4, 0.5) is 11.4 Å². The molecule has 0 aliphatic carbocycles. The first-order chi connectivity index (χ1) is 11.4. The van der Waals surface area contributed by atoms with Crippen LogP contribution in [-0.4, -0.2) is 10.8 Å². The fraction of sp³-hybridized carbons (Fsp3) is 0.111. The molecule has 0 aliphatic heterocycles. The van der Waals surface area contributed by atoms with Crippen LogP contribution in [0.1, 0.15) is 16.7 Å². The van der Waals surface area contributed by atoms with Gasteiger partial charge in [-0.1, -0.05) is 30.3 Å². The molecule has 0 radical (unpaired) electrons. The van der Waals surface area contributed by atoms with Gasteiger partial charge < -0.3 is 5.32 Å². The zero-order chi connectivity index (χ0) is 17.7. The number of rotatable bonds is 4. The van der Waals surface area contributed by atoms with Gasteiger partial charge in [0, 0.05) is 17.8 Å². The zero-order valence-corrected chi connectivity index (χ0v) is 13.2. The first kappa shape index (κ1) is 16.9. The first-order valence-electron chi connectivity index (χ1n) is 7.16. The van der Waals surface area contributed by atoms with Crippen molar-refractivity contribution < 1.29 is 9.72 Å². The summed E-state index contributed by atoms with van der Waals surface area (Å²) in [6.07, 6.45) is 1.33. The van der Waals surface area contributed by atoms with E-state index in [9.17, 15) is 20.2 Å². The van der Waals surface area contributed by atoms with Gasteiger partial charge in [0.2, 0.25) is 0 Å². The van der Waals surface area contributed by atoms with Gasteiger partial charge in [-0.05, 0) is 36.6 Å². The number of carbonyl (C=O) groups excluding carboxylic acids is 1. The fourth-order valence-corrected chi connectivity index (χ4v) is 2.24. The number of nitro groups is 1. The molecule has 0 fully saturated rings. The molecule has 1 amide bonds. The molecule has 2 rings (SSSR count). The molecule has 120 valence electrons. The minimum Gasteiger partial charge on any atom is -0.321 e. The van der Waals surface area contributed by atoms with Gasteiger partial charge in [0.25, 0.3) is 11.6 Å². The minimum absolute atomic E-state index is 0.101. The summed E-state index contributed by atoms with van der Waals surface area (Å²) in [5.74, 6) is -0.554. The molecule has 6 nitrogen and oxygen atoms in total. The molecule has 0 aliphatic rings. The summed E-state index contributed by atoms with van der Waals surface area (Å²) >= 11 is 0. The molecule has 0 heterocycles. The molecular weight excluding hydrogens is 306 g/mol. The topological polar surface area (TPSA) is 96.0 Å². The lowest BCUT2D eigenvalue weighted by molar-refractivity contribution is -0.384. The number of para-hydroxylation sites is 1. The molecule has 0 aromatic heterocycles. The van der Waals surface area contributed by atoms with Crippen LogP contribution >= 0.6 is 0 Å². The van der Waals surface area contributed by atoms with E-state index in [0.717, 1.165) is 11.1 Å². The van der Waals surface area contributed by atoms with Crippen LogP contribution in [-0.2, 0) is 4.79 Å². The van der Waals surface area contributed by atoms with Crippen molar-refractivity contribution in [1.29, 1.82) is 5.26 Å². The summed E-state index contributed by atoms with van der Waals surface area (Å²) in [4.78, 5) is 22.6.